The van der Waals surface area contributed by atoms with Crippen molar-refractivity contribution in [2.75, 3.05) is 0 Å². The fourth-order valence-corrected chi connectivity index (χ4v) is 24.1. The number of rotatable bonds is 12. The molecule has 0 spiro atoms. The summed E-state index contributed by atoms with van der Waals surface area (Å²) in [6.07, 6.45) is 0. The molecule has 19 aromatic carbocycles. The monoisotopic (exact) mass is 1550 g/mol. The van der Waals surface area contributed by atoms with Gasteiger partial charge in [-0.2, -0.15) is 0 Å². The average Bonchev–Trinajstić information content (AvgIpc) is 1.53. The topological polar surface area (TPSA) is 25.8 Å². The molecule has 3 heteroatoms. The number of nitrogens with zero attached hydrogens (tertiary/aromatic N) is 2. The number of thiophene rings is 1. The van der Waals surface area contributed by atoms with E-state index >= 15 is 0 Å². The Balaban J connectivity index is 0.815. The zero-order valence-electron chi connectivity index (χ0n) is 66.0. The van der Waals surface area contributed by atoms with Crippen LogP contribution in [0.3, 0.4) is 0 Å². The van der Waals surface area contributed by atoms with E-state index in [9.17, 15) is 0 Å². The van der Waals surface area contributed by atoms with Crippen LogP contribution in [0.2, 0.25) is 0 Å². The molecule has 4 aliphatic carbocycles. The van der Waals surface area contributed by atoms with E-state index in [1.54, 1.807) is 0 Å². The summed E-state index contributed by atoms with van der Waals surface area (Å²) < 4.78 is 0. The van der Waals surface area contributed by atoms with Crippen molar-refractivity contribution in [1.82, 2.24) is 9.97 Å². The summed E-state index contributed by atoms with van der Waals surface area (Å²) in [6, 6.07) is 169. The fraction of sp³-hybridized carbons (Fsp3) is 0.0339. The minimum absolute atomic E-state index is 0.594. The first-order chi connectivity index (χ1) is 60.1. The van der Waals surface area contributed by atoms with Crippen LogP contribution < -0.4 is 0 Å². The van der Waals surface area contributed by atoms with Crippen molar-refractivity contribution in [3.8, 4) is 87.6 Å². The molecule has 0 unspecified atom stereocenters. The van der Waals surface area contributed by atoms with Crippen molar-refractivity contribution < 1.29 is 0 Å². The first kappa shape index (κ1) is 69.2. The van der Waals surface area contributed by atoms with Crippen molar-refractivity contribution in [2.24, 2.45) is 0 Å². The van der Waals surface area contributed by atoms with Crippen molar-refractivity contribution in [3.05, 3.63) is 538 Å². The van der Waals surface area contributed by atoms with E-state index in [4.69, 9.17) is 9.97 Å². The fourth-order valence-electron chi connectivity index (χ4n) is 22.8. The highest BCUT2D eigenvalue weighted by Gasteiger charge is 2.52. The van der Waals surface area contributed by atoms with Crippen LogP contribution in [0.1, 0.15) is 89.0 Å². The minimum Gasteiger partial charge on any atom is -0.242 e. The lowest BCUT2D eigenvalue weighted by Gasteiger charge is -2.34. The van der Waals surface area contributed by atoms with Gasteiger partial charge in [-0.05, 0) is 179 Å². The van der Waals surface area contributed by atoms with E-state index < -0.39 is 21.7 Å². The van der Waals surface area contributed by atoms with Crippen LogP contribution in [0.5, 0.6) is 0 Å². The molecule has 0 saturated heterocycles. The summed E-state index contributed by atoms with van der Waals surface area (Å²) >= 11 is 1.85. The van der Waals surface area contributed by atoms with E-state index in [1.807, 2.05) is 11.3 Å². The predicted octanol–water partition coefficient (Wildman–Crippen LogP) is 29.3. The molecule has 121 heavy (non-hydrogen) atoms. The summed E-state index contributed by atoms with van der Waals surface area (Å²) in [4.78, 5) is 15.2. The zero-order chi connectivity index (χ0) is 79.5. The van der Waals surface area contributed by atoms with Crippen LogP contribution in [0.15, 0.2) is 449 Å². The maximum absolute atomic E-state index is 6.54. The molecule has 2 nitrogen and oxygen atoms in total. The Bertz CT molecular complexity index is 7170. The van der Waals surface area contributed by atoms with Gasteiger partial charge in [0.05, 0.1) is 42.4 Å². The van der Waals surface area contributed by atoms with Gasteiger partial charge in [-0.1, -0.05) is 437 Å². The summed E-state index contributed by atoms with van der Waals surface area (Å²) in [6.45, 7) is 0. The molecule has 0 N–H and O–H groups in total. The Hall–Kier alpha value is -15.0. The van der Waals surface area contributed by atoms with Gasteiger partial charge >= 0.3 is 0 Å². The van der Waals surface area contributed by atoms with Crippen molar-refractivity contribution in [2.45, 2.75) is 21.7 Å². The molecule has 2 aromatic heterocycles. The van der Waals surface area contributed by atoms with Gasteiger partial charge in [0.15, 0.2) is 0 Å². The summed E-state index contributed by atoms with van der Waals surface area (Å²) in [7, 11) is 0. The van der Waals surface area contributed by atoms with Crippen molar-refractivity contribution in [1.29, 1.82) is 0 Å². The Labute approximate surface area is 707 Å². The standard InChI is InChI=1S/C118H74N2S/c1-9-37-77(38-10-1)115(78-39-11-2-12-40-78)97-61-29-25-53-89(97)105-85(57-33-65-101(105)115)75-69-71-87-88-72-70-76(86-58-34-66-102-106(86)90-54-26-30-62-98(90)116(102,79-41-13-3-14-42-79)80-43-15-4-16-44-80)74-96(88)110-109(95(87)73-75)119-111-112(120-110)114(94-60-36-68-104-108(94)92-56-28-32-64-100(92)118(104,83-49-21-7-22-50-83)84-51-23-8-24-52-84)121-113(111)93-59-35-67-103-107(93)91-55-27-31-63-99(91)117(103,81-45-17-5-18-46-81)82-47-19-6-20-48-82/h1-74H. The number of benzene rings is 19. The van der Waals surface area contributed by atoms with Gasteiger partial charge in [0, 0.05) is 21.9 Å². The molecule has 0 bridgehead atoms. The molecule has 562 valence electrons. The van der Waals surface area contributed by atoms with Gasteiger partial charge in [0.25, 0.3) is 0 Å². The van der Waals surface area contributed by atoms with Crippen molar-refractivity contribution in [3.63, 3.8) is 0 Å². The maximum atomic E-state index is 6.54. The van der Waals surface area contributed by atoms with E-state index in [0.717, 1.165) is 86.7 Å². The van der Waals surface area contributed by atoms with Crippen LogP contribution in [0.4, 0.5) is 0 Å². The minimum atomic E-state index is -0.657. The summed E-state index contributed by atoms with van der Waals surface area (Å²) in [5.74, 6) is 0. The number of aromatic nitrogens is 2. The molecular formula is C118H74N2S. The molecule has 0 saturated carbocycles. The molecule has 21 aromatic rings. The molecule has 0 atom stereocenters. The van der Waals surface area contributed by atoms with Gasteiger partial charge < -0.3 is 0 Å². The molecule has 0 radical (unpaired) electrons. The zero-order valence-corrected chi connectivity index (χ0v) is 66.8. The van der Waals surface area contributed by atoms with Crippen LogP contribution in [0, 0.1) is 0 Å². The Morgan fingerprint density at radius 2 is 0.364 bits per heavy atom. The maximum Gasteiger partial charge on any atom is 0.109 e. The average molecular weight is 1550 g/mol. The predicted molar refractivity (Wildman–Crippen MR) is 501 cm³/mol. The molecule has 0 fully saturated rings. The van der Waals surface area contributed by atoms with Crippen LogP contribution in [0.25, 0.3) is 131 Å². The Morgan fingerprint density at radius 3 is 0.620 bits per heavy atom. The quantitative estimate of drug-likeness (QED) is 0.114. The van der Waals surface area contributed by atoms with E-state index in [2.05, 4.69) is 449 Å². The smallest absolute Gasteiger partial charge is 0.109 e. The summed E-state index contributed by atoms with van der Waals surface area (Å²) in [5, 5.41) is 4.28. The van der Waals surface area contributed by atoms with Gasteiger partial charge in [0.1, 0.15) is 11.0 Å². The van der Waals surface area contributed by atoms with Gasteiger partial charge in [-0.15, -0.1) is 11.3 Å². The van der Waals surface area contributed by atoms with Gasteiger partial charge in [-0.3, -0.25) is 0 Å². The van der Waals surface area contributed by atoms with Crippen LogP contribution in [-0.4, -0.2) is 9.97 Å². The number of hydrogen-bond acceptors (Lipinski definition) is 3. The van der Waals surface area contributed by atoms with E-state index in [1.165, 1.54) is 134 Å². The third-order valence-electron chi connectivity index (χ3n) is 27.4. The third kappa shape index (κ3) is 9.47. The van der Waals surface area contributed by atoms with Crippen molar-refractivity contribution >= 4 is 54.9 Å². The highest BCUT2D eigenvalue weighted by molar-refractivity contribution is 7.21. The number of fused-ring (bicyclic) bond motifs is 19. The number of hydrogen-bond donors (Lipinski definition) is 0. The van der Waals surface area contributed by atoms with Gasteiger partial charge in [-0.25, -0.2) is 9.97 Å². The highest BCUT2D eigenvalue weighted by Crippen LogP contribution is 2.65. The highest BCUT2D eigenvalue weighted by atomic mass is 32.1. The lowest BCUT2D eigenvalue weighted by molar-refractivity contribution is 0.768. The largest absolute Gasteiger partial charge is 0.242 e. The normalized spacial score (nSPS) is 14.2. The molecular weight excluding hydrogens is 1480 g/mol. The second-order valence-electron chi connectivity index (χ2n) is 32.9. The third-order valence-corrected chi connectivity index (χ3v) is 28.6. The lowest BCUT2D eigenvalue weighted by Crippen LogP contribution is -2.28. The molecule has 25 rings (SSSR count). The SMILES string of the molecule is c1ccc(C2(c3ccccc3)c3ccccc3-c3c(-c4ccc5c6ccc(-c7cccc8c7-c7ccccc7C8(c7ccccc7)c7ccccc7)cc6c6nc7c(-c8cccc9c8-c8ccccc8C9(c8ccccc8)c8ccccc8)sc(-c8cccc9c8-c8ccccc8C9(c8ccccc8)c8ccccc8)c7nc6c5c4)cccc32)cc1. The Kier molecular flexibility index (Phi) is 15.3. The van der Waals surface area contributed by atoms with Crippen LogP contribution >= 0.6 is 11.3 Å². The second-order valence-corrected chi connectivity index (χ2v) is 33.9. The molecule has 0 amide bonds. The first-order valence-corrected chi connectivity index (χ1v) is 42.9. The second kappa shape index (κ2) is 26.8. The summed E-state index contributed by atoms with van der Waals surface area (Å²) in [5.41, 5.74) is 37.3. The Morgan fingerprint density at radius 1 is 0.157 bits per heavy atom. The van der Waals surface area contributed by atoms with E-state index in [0.29, 0.717) is 0 Å². The molecule has 4 aliphatic rings. The van der Waals surface area contributed by atoms with Gasteiger partial charge in [0.2, 0.25) is 0 Å². The molecule has 2 heterocycles. The molecule has 0 aliphatic heterocycles. The lowest BCUT2D eigenvalue weighted by atomic mass is 9.67. The first-order valence-electron chi connectivity index (χ1n) is 42.1. The van der Waals surface area contributed by atoms with E-state index in [-0.39, 0.29) is 0 Å². The van der Waals surface area contributed by atoms with Crippen LogP contribution in [-0.2, 0) is 21.7 Å².